The van der Waals surface area contributed by atoms with Crippen LogP contribution in [0.4, 0.5) is 0 Å². The molecule has 0 bridgehead atoms. The molecule has 4 nitrogen and oxygen atoms in total. The molecular formula is C51H105O4P. The predicted octanol–water partition coefficient (Wildman–Crippen LogP) is 19.8. The van der Waals surface area contributed by atoms with Gasteiger partial charge in [0, 0.05) is 0 Å². The molecule has 0 saturated carbocycles. The first-order chi connectivity index (χ1) is 27.5. The summed E-state index contributed by atoms with van der Waals surface area (Å²) in [5.74, 6) is 0. The quantitative estimate of drug-likeness (QED) is 0.0453. The lowest BCUT2D eigenvalue weighted by atomic mass is 10.0. The van der Waals surface area contributed by atoms with Crippen molar-refractivity contribution < 1.29 is 18.1 Å². The lowest BCUT2D eigenvalue weighted by Gasteiger charge is -2.31. The van der Waals surface area contributed by atoms with Crippen LogP contribution in [0.3, 0.4) is 0 Å². The SMILES string of the molecule is CCCCCCCCC(CCCCCCCC)OP(=O)(OC(CCCCCCCC)CCCCCCCC)OC(CCCCCCCC)CCCCCCCC. The van der Waals surface area contributed by atoms with Crippen LogP contribution >= 0.6 is 7.82 Å². The first-order valence-electron chi connectivity index (χ1n) is 26.1. The molecule has 0 aromatic rings. The molecule has 0 aromatic carbocycles. The average Bonchev–Trinajstić information content (AvgIpc) is 3.19. The van der Waals surface area contributed by atoms with E-state index < -0.39 is 7.82 Å². The van der Waals surface area contributed by atoms with Crippen molar-refractivity contribution >= 4 is 7.82 Å². The van der Waals surface area contributed by atoms with E-state index in [4.69, 9.17) is 13.6 Å². The van der Waals surface area contributed by atoms with Crippen LogP contribution in [0.1, 0.15) is 311 Å². The van der Waals surface area contributed by atoms with Crippen LogP contribution in [-0.4, -0.2) is 18.3 Å². The minimum absolute atomic E-state index is 0.0503. The highest BCUT2D eigenvalue weighted by atomic mass is 31.2. The van der Waals surface area contributed by atoms with Gasteiger partial charge in [-0.3, -0.25) is 13.6 Å². The van der Waals surface area contributed by atoms with Crippen molar-refractivity contribution in [3.8, 4) is 0 Å². The summed E-state index contributed by atoms with van der Waals surface area (Å²) in [6.07, 6.45) is 51.2. The molecule has 0 aliphatic carbocycles. The standard InChI is InChI=1S/C51H105O4P/c1-7-13-19-25-31-37-43-49(44-38-32-26-20-14-8-2)53-56(52,54-50(45-39-33-27-21-15-9-3)46-40-34-28-22-16-10-4)55-51(47-41-35-29-23-17-11-5)48-42-36-30-24-18-12-6/h49-51H,7-48H2,1-6H3. The van der Waals surface area contributed by atoms with E-state index >= 15 is 4.57 Å². The zero-order chi connectivity index (χ0) is 41.1. The Labute approximate surface area is 354 Å². The van der Waals surface area contributed by atoms with Crippen molar-refractivity contribution in [2.75, 3.05) is 0 Å². The van der Waals surface area contributed by atoms with Crippen molar-refractivity contribution in [1.29, 1.82) is 0 Å². The normalized spacial score (nSPS) is 12.3. The third-order valence-electron chi connectivity index (χ3n) is 12.1. The number of unbranched alkanes of at least 4 members (excludes halogenated alkanes) is 30. The molecule has 0 fully saturated rings. The molecule has 0 heterocycles. The van der Waals surface area contributed by atoms with E-state index in [1.165, 1.54) is 193 Å². The van der Waals surface area contributed by atoms with Gasteiger partial charge in [0.1, 0.15) is 0 Å². The molecule has 5 heteroatoms. The van der Waals surface area contributed by atoms with E-state index in [1.807, 2.05) is 0 Å². The van der Waals surface area contributed by atoms with Gasteiger partial charge in [-0.2, -0.15) is 0 Å². The summed E-state index contributed by atoms with van der Waals surface area (Å²) in [7, 11) is -3.79. The van der Waals surface area contributed by atoms with Gasteiger partial charge in [0.25, 0.3) is 0 Å². The van der Waals surface area contributed by atoms with E-state index in [0.29, 0.717) is 0 Å². The Morgan fingerprint density at radius 1 is 0.250 bits per heavy atom. The van der Waals surface area contributed by atoms with Gasteiger partial charge in [0.15, 0.2) is 0 Å². The second-order valence-electron chi connectivity index (χ2n) is 18.0. The number of phosphoric ester groups is 1. The second kappa shape index (κ2) is 44.7. The smallest absolute Gasteiger partial charge is 0.284 e. The molecule has 0 amide bonds. The maximum atomic E-state index is 15.4. The summed E-state index contributed by atoms with van der Waals surface area (Å²) in [6, 6.07) is 0. The van der Waals surface area contributed by atoms with Crippen molar-refractivity contribution in [3.05, 3.63) is 0 Å². The number of hydrogen-bond acceptors (Lipinski definition) is 4. The van der Waals surface area contributed by atoms with Gasteiger partial charge < -0.3 is 0 Å². The summed E-state index contributed by atoms with van der Waals surface area (Å²) in [5.41, 5.74) is 0. The molecule has 0 aliphatic rings. The molecule has 0 saturated heterocycles. The second-order valence-corrected chi connectivity index (χ2v) is 19.5. The van der Waals surface area contributed by atoms with Crippen LogP contribution < -0.4 is 0 Å². The molecule has 0 atom stereocenters. The molecule has 0 unspecified atom stereocenters. The van der Waals surface area contributed by atoms with Crippen LogP contribution in [-0.2, 0) is 18.1 Å². The van der Waals surface area contributed by atoms with Gasteiger partial charge >= 0.3 is 7.82 Å². The Balaban J connectivity index is 6.22. The Bertz CT molecular complexity index is 642. The van der Waals surface area contributed by atoms with Crippen LogP contribution in [0.25, 0.3) is 0 Å². The van der Waals surface area contributed by atoms with Crippen molar-refractivity contribution in [3.63, 3.8) is 0 Å². The summed E-state index contributed by atoms with van der Waals surface area (Å²) >= 11 is 0. The zero-order valence-electron chi connectivity index (χ0n) is 39.5. The summed E-state index contributed by atoms with van der Waals surface area (Å²) in [6.45, 7) is 13.8. The maximum Gasteiger partial charge on any atom is 0.475 e. The fourth-order valence-electron chi connectivity index (χ4n) is 8.29. The van der Waals surface area contributed by atoms with Gasteiger partial charge in [-0.25, -0.2) is 4.57 Å². The van der Waals surface area contributed by atoms with Crippen LogP contribution in [0.2, 0.25) is 0 Å². The third-order valence-corrected chi connectivity index (χ3v) is 13.8. The highest BCUT2D eigenvalue weighted by molar-refractivity contribution is 7.48. The Morgan fingerprint density at radius 3 is 0.554 bits per heavy atom. The van der Waals surface area contributed by atoms with Crippen molar-refractivity contribution in [1.82, 2.24) is 0 Å². The molecule has 338 valence electrons. The average molecular weight is 813 g/mol. The Hall–Kier alpha value is 0.110. The van der Waals surface area contributed by atoms with Crippen LogP contribution in [0.5, 0.6) is 0 Å². The van der Waals surface area contributed by atoms with Crippen molar-refractivity contribution in [2.24, 2.45) is 0 Å². The molecule has 56 heavy (non-hydrogen) atoms. The molecule has 0 aromatic heterocycles. The highest BCUT2D eigenvalue weighted by Gasteiger charge is 2.36. The van der Waals surface area contributed by atoms with Crippen LogP contribution in [0.15, 0.2) is 0 Å². The lowest BCUT2D eigenvalue weighted by Crippen LogP contribution is -2.22. The van der Waals surface area contributed by atoms with E-state index in [0.717, 1.165) is 77.0 Å². The zero-order valence-corrected chi connectivity index (χ0v) is 40.4. The fourth-order valence-corrected chi connectivity index (χ4v) is 10.2. The van der Waals surface area contributed by atoms with E-state index in [2.05, 4.69) is 41.5 Å². The van der Waals surface area contributed by atoms with Gasteiger partial charge in [-0.1, -0.05) is 273 Å². The molecule has 0 aliphatic heterocycles. The molecule has 0 spiro atoms. The summed E-state index contributed by atoms with van der Waals surface area (Å²) in [4.78, 5) is 0. The van der Waals surface area contributed by atoms with Crippen molar-refractivity contribution in [2.45, 2.75) is 330 Å². The van der Waals surface area contributed by atoms with E-state index in [-0.39, 0.29) is 18.3 Å². The van der Waals surface area contributed by atoms with Gasteiger partial charge in [0.05, 0.1) is 18.3 Å². The number of rotatable bonds is 48. The third kappa shape index (κ3) is 38.3. The number of phosphoric acid groups is 1. The van der Waals surface area contributed by atoms with Gasteiger partial charge in [0.2, 0.25) is 0 Å². The summed E-state index contributed by atoms with van der Waals surface area (Å²) in [5, 5.41) is 0. The van der Waals surface area contributed by atoms with E-state index in [9.17, 15) is 0 Å². The first kappa shape index (κ1) is 56.1. The maximum absolute atomic E-state index is 15.4. The Morgan fingerprint density at radius 2 is 0.393 bits per heavy atom. The minimum atomic E-state index is -3.79. The predicted molar refractivity (Wildman–Crippen MR) is 250 cm³/mol. The lowest BCUT2D eigenvalue weighted by molar-refractivity contribution is 0.0156. The first-order valence-corrected chi connectivity index (χ1v) is 27.6. The van der Waals surface area contributed by atoms with Gasteiger partial charge in [-0.05, 0) is 38.5 Å². The Kier molecular flexibility index (Phi) is 44.7. The monoisotopic (exact) mass is 813 g/mol. The minimum Gasteiger partial charge on any atom is -0.284 e. The topological polar surface area (TPSA) is 44.8 Å². The van der Waals surface area contributed by atoms with Crippen LogP contribution in [0, 0.1) is 0 Å². The number of hydrogen-bond donors (Lipinski definition) is 0. The fraction of sp³-hybridized carbons (Fsp3) is 1.00. The molecular weight excluding hydrogens is 708 g/mol. The van der Waals surface area contributed by atoms with Gasteiger partial charge in [-0.15, -0.1) is 0 Å². The molecule has 0 rings (SSSR count). The molecule has 0 N–H and O–H groups in total. The highest BCUT2D eigenvalue weighted by Crippen LogP contribution is 2.55. The van der Waals surface area contributed by atoms with E-state index in [1.54, 1.807) is 0 Å². The molecule has 0 radical (unpaired) electrons. The largest absolute Gasteiger partial charge is 0.475 e. The summed E-state index contributed by atoms with van der Waals surface area (Å²) < 4.78 is 36.1.